The van der Waals surface area contributed by atoms with Crippen molar-refractivity contribution in [3.8, 4) is 0 Å². The quantitative estimate of drug-likeness (QED) is 0.0200. The zero-order valence-corrected chi connectivity index (χ0v) is 53.5. The van der Waals surface area contributed by atoms with E-state index in [0.29, 0.717) is 12.8 Å². The molecule has 0 aliphatic carbocycles. The van der Waals surface area contributed by atoms with E-state index < -0.39 is 124 Å². The first-order chi connectivity index (χ1) is 42.3. The molecule has 0 radical (unpaired) electrons. The lowest BCUT2D eigenvalue weighted by Crippen LogP contribution is -2.66. The van der Waals surface area contributed by atoms with Crippen molar-refractivity contribution in [2.45, 2.75) is 349 Å². The van der Waals surface area contributed by atoms with Gasteiger partial charge in [-0.2, -0.15) is 0 Å². The Morgan fingerprint density at radius 2 is 0.736 bits per heavy atom. The Balaban J connectivity index is 1.45. The number of allylic oxidation sites excluding steroid dienone is 7. The molecule has 3 fully saturated rings. The molecule has 0 aromatic heterocycles. The van der Waals surface area contributed by atoms with Gasteiger partial charge in [0.25, 0.3) is 0 Å². The zero-order valence-electron chi connectivity index (χ0n) is 53.5. The van der Waals surface area contributed by atoms with Gasteiger partial charge in [-0.1, -0.05) is 217 Å². The smallest absolute Gasteiger partial charge is 0.220 e. The lowest BCUT2D eigenvalue weighted by molar-refractivity contribution is -0.379. The molecule has 19 nitrogen and oxygen atoms in total. The standard InChI is InChI=1S/C68H123NO18/c1-3-5-7-9-11-13-15-17-19-21-22-23-24-25-26-27-28-30-32-34-36-38-40-42-44-46-56(74)69-51(52(73)45-43-41-39-37-35-33-31-29-20-18-16-14-12-10-8-6-4-2)50-82-66-62(80)59(77)64(54(48-71)84-66)87-68-63(81)60(78)65(55(49-72)85-68)86-67-61(79)58(76)57(75)53(47-70)83-67/h20-22,29,35,37,43,45,51-55,57-68,70-73,75-81H,3-19,23-28,30-34,36,38-42,44,46-50H2,1-2H3,(H,69,74)/b22-21-,29-20+,37-35+,45-43+. The Kier molecular flexibility index (Phi) is 45.7. The molecule has 87 heavy (non-hydrogen) atoms. The molecule has 12 N–H and O–H groups in total. The second-order valence-electron chi connectivity index (χ2n) is 24.6. The highest BCUT2D eigenvalue weighted by Gasteiger charge is 2.53. The number of amides is 1. The fraction of sp³-hybridized carbons (Fsp3) is 0.868. The Morgan fingerprint density at radius 1 is 0.402 bits per heavy atom. The lowest BCUT2D eigenvalue weighted by atomic mass is 9.96. The van der Waals surface area contributed by atoms with E-state index >= 15 is 0 Å². The van der Waals surface area contributed by atoms with E-state index in [1.165, 1.54) is 167 Å². The van der Waals surface area contributed by atoms with Gasteiger partial charge in [-0.25, -0.2) is 0 Å². The first-order valence-electron chi connectivity index (χ1n) is 34.4. The van der Waals surface area contributed by atoms with Gasteiger partial charge >= 0.3 is 0 Å². The normalized spacial score (nSPS) is 28.9. The molecule has 19 heteroatoms. The van der Waals surface area contributed by atoms with Crippen LogP contribution < -0.4 is 5.32 Å². The summed E-state index contributed by atoms with van der Waals surface area (Å²) in [4.78, 5) is 13.4. The lowest BCUT2D eigenvalue weighted by Gasteiger charge is -2.48. The number of unbranched alkanes of at least 4 members (excludes halogenated alkanes) is 30. The number of carbonyl (C=O) groups is 1. The van der Waals surface area contributed by atoms with Crippen LogP contribution in [0.25, 0.3) is 0 Å². The topological polar surface area (TPSA) is 307 Å². The Morgan fingerprint density at radius 3 is 1.15 bits per heavy atom. The predicted octanol–water partition coefficient (Wildman–Crippen LogP) is 8.61. The van der Waals surface area contributed by atoms with Crippen molar-refractivity contribution in [2.24, 2.45) is 0 Å². The molecule has 0 aromatic carbocycles. The summed E-state index contributed by atoms with van der Waals surface area (Å²) in [5, 5.41) is 120. The van der Waals surface area contributed by atoms with E-state index in [1.54, 1.807) is 6.08 Å². The van der Waals surface area contributed by atoms with Crippen LogP contribution in [0.15, 0.2) is 48.6 Å². The Labute approximate surface area is 523 Å². The summed E-state index contributed by atoms with van der Waals surface area (Å²) in [6, 6.07) is -0.996. The molecule has 0 aromatic rings. The second-order valence-corrected chi connectivity index (χ2v) is 24.6. The van der Waals surface area contributed by atoms with Gasteiger partial charge in [-0.05, 0) is 70.6 Å². The van der Waals surface area contributed by atoms with Crippen LogP contribution in [0.4, 0.5) is 0 Å². The molecule has 3 heterocycles. The molecular weight excluding hydrogens is 1120 g/mol. The van der Waals surface area contributed by atoms with E-state index in [2.05, 4.69) is 55.6 Å². The van der Waals surface area contributed by atoms with Crippen LogP contribution in [0.5, 0.6) is 0 Å². The molecule has 0 spiro atoms. The van der Waals surface area contributed by atoms with Crippen LogP contribution in [-0.4, -0.2) is 193 Å². The molecular formula is C68H123NO18. The average molecular weight is 1240 g/mol. The van der Waals surface area contributed by atoms with E-state index in [1.807, 2.05) is 6.08 Å². The predicted molar refractivity (Wildman–Crippen MR) is 337 cm³/mol. The number of carbonyl (C=O) groups excluding carboxylic acids is 1. The number of hydrogen-bond acceptors (Lipinski definition) is 18. The van der Waals surface area contributed by atoms with Crippen molar-refractivity contribution in [3.63, 3.8) is 0 Å². The monoisotopic (exact) mass is 1240 g/mol. The van der Waals surface area contributed by atoms with E-state index in [4.69, 9.17) is 28.4 Å². The maximum Gasteiger partial charge on any atom is 0.220 e. The molecule has 0 saturated carbocycles. The van der Waals surface area contributed by atoms with Crippen LogP contribution in [0.2, 0.25) is 0 Å². The average Bonchev–Trinajstić information content (AvgIpc) is 2.39. The van der Waals surface area contributed by atoms with Gasteiger partial charge in [0.05, 0.1) is 38.6 Å². The minimum Gasteiger partial charge on any atom is -0.394 e. The van der Waals surface area contributed by atoms with Gasteiger partial charge in [-0.15, -0.1) is 0 Å². The fourth-order valence-electron chi connectivity index (χ4n) is 11.5. The fourth-order valence-corrected chi connectivity index (χ4v) is 11.5. The zero-order chi connectivity index (χ0) is 63.3. The van der Waals surface area contributed by atoms with Gasteiger partial charge < -0.3 is 89.9 Å². The largest absolute Gasteiger partial charge is 0.394 e. The van der Waals surface area contributed by atoms with E-state index in [0.717, 1.165) is 44.9 Å². The van der Waals surface area contributed by atoms with Crippen molar-refractivity contribution in [1.82, 2.24) is 5.32 Å². The second kappa shape index (κ2) is 50.3. The Hall–Kier alpha value is -2.25. The number of hydrogen-bond donors (Lipinski definition) is 12. The SMILES string of the molecule is CCCCCCCCC/C=C/CC/C=C/CC/C=C/C(O)C(COC1OC(CO)C(OC2OC(CO)C(OC3OC(CO)C(O)C(O)C3O)C(O)C2O)C(O)C1O)NC(=O)CCCCCCCCCCCCCCC/C=C\CCCCCCCCCC. The first-order valence-corrected chi connectivity index (χ1v) is 34.4. The van der Waals surface area contributed by atoms with Gasteiger partial charge in [0.15, 0.2) is 18.9 Å². The van der Waals surface area contributed by atoms with Gasteiger partial charge in [-0.3, -0.25) is 4.79 Å². The molecule has 0 bridgehead atoms. The maximum atomic E-state index is 13.4. The van der Waals surface area contributed by atoms with Crippen molar-refractivity contribution in [1.29, 1.82) is 0 Å². The van der Waals surface area contributed by atoms with Crippen molar-refractivity contribution >= 4 is 5.91 Å². The summed E-state index contributed by atoms with van der Waals surface area (Å²) < 4.78 is 34.3. The van der Waals surface area contributed by atoms with Gasteiger partial charge in [0, 0.05) is 6.42 Å². The highest BCUT2D eigenvalue weighted by Crippen LogP contribution is 2.33. The minimum absolute atomic E-state index is 0.232. The molecule has 3 saturated heterocycles. The van der Waals surface area contributed by atoms with Crippen molar-refractivity contribution < 1.29 is 89.4 Å². The van der Waals surface area contributed by atoms with Crippen LogP contribution in [-0.2, 0) is 33.2 Å². The van der Waals surface area contributed by atoms with Crippen LogP contribution in [0.1, 0.15) is 245 Å². The Bertz CT molecular complexity index is 1770. The third kappa shape index (κ3) is 32.7. The van der Waals surface area contributed by atoms with Crippen LogP contribution in [0, 0.1) is 0 Å². The molecule has 3 aliphatic heterocycles. The van der Waals surface area contributed by atoms with Crippen LogP contribution in [0.3, 0.4) is 0 Å². The molecule has 508 valence electrons. The molecule has 17 unspecified atom stereocenters. The molecule has 3 rings (SSSR count). The molecule has 17 atom stereocenters. The van der Waals surface area contributed by atoms with Crippen molar-refractivity contribution in [2.75, 3.05) is 26.4 Å². The number of aliphatic hydroxyl groups excluding tert-OH is 11. The number of aliphatic hydroxyl groups is 11. The number of rotatable bonds is 52. The minimum atomic E-state index is -1.98. The summed E-state index contributed by atoms with van der Waals surface area (Å²) in [6.45, 7) is 1.71. The molecule has 1 amide bonds. The van der Waals surface area contributed by atoms with Crippen LogP contribution >= 0.6 is 0 Å². The summed E-state index contributed by atoms with van der Waals surface area (Å²) in [6.07, 6.45) is 32.3. The number of nitrogens with one attached hydrogen (secondary N) is 1. The molecule has 3 aliphatic rings. The third-order valence-corrected chi connectivity index (χ3v) is 17.1. The summed E-state index contributed by atoms with van der Waals surface area (Å²) >= 11 is 0. The van der Waals surface area contributed by atoms with Gasteiger partial charge in [0.1, 0.15) is 73.2 Å². The van der Waals surface area contributed by atoms with E-state index in [9.17, 15) is 61.0 Å². The van der Waals surface area contributed by atoms with Crippen molar-refractivity contribution in [3.05, 3.63) is 48.6 Å². The summed E-state index contributed by atoms with van der Waals surface area (Å²) in [5.41, 5.74) is 0. The summed E-state index contributed by atoms with van der Waals surface area (Å²) in [5.74, 6) is -0.289. The first kappa shape index (κ1) is 79.0. The number of ether oxygens (including phenoxy) is 6. The van der Waals surface area contributed by atoms with Gasteiger partial charge in [0.2, 0.25) is 5.91 Å². The van der Waals surface area contributed by atoms with E-state index in [-0.39, 0.29) is 18.9 Å². The highest BCUT2D eigenvalue weighted by atomic mass is 16.8. The maximum absolute atomic E-state index is 13.4. The summed E-state index contributed by atoms with van der Waals surface area (Å²) in [7, 11) is 0. The highest BCUT2D eigenvalue weighted by molar-refractivity contribution is 5.76. The third-order valence-electron chi connectivity index (χ3n) is 17.1.